The molecule has 8 heteroatoms. The van der Waals surface area contributed by atoms with Gasteiger partial charge in [0.15, 0.2) is 0 Å². The van der Waals surface area contributed by atoms with Crippen LogP contribution in [0.3, 0.4) is 0 Å². The van der Waals surface area contributed by atoms with E-state index in [-0.39, 0.29) is 30.7 Å². The van der Waals surface area contributed by atoms with Crippen molar-refractivity contribution in [2.45, 2.75) is 50.7 Å². The molecule has 4 heterocycles. The van der Waals surface area contributed by atoms with Gasteiger partial charge >= 0.3 is 0 Å². The Morgan fingerprint density at radius 3 is 2.60 bits per heavy atom. The van der Waals surface area contributed by atoms with Crippen LogP contribution in [0.4, 0.5) is 4.39 Å². The van der Waals surface area contributed by atoms with Gasteiger partial charge in [0.25, 0.3) is 5.91 Å². The van der Waals surface area contributed by atoms with Gasteiger partial charge in [-0.05, 0) is 79.0 Å². The van der Waals surface area contributed by atoms with Crippen LogP contribution in [0.2, 0.25) is 0 Å². The zero-order valence-corrected chi connectivity index (χ0v) is 20.1. The highest BCUT2D eigenvalue weighted by atomic mass is 32.1. The van der Waals surface area contributed by atoms with Crippen LogP contribution in [-0.2, 0) is 22.7 Å². The van der Waals surface area contributed by atoms with E-state index >= 15 is 0 Å². The molecule has 2 fully saturated rings. The summed E-state index contributed by atoms with van der Waals surface area (Å²) >= 11 is 1.83. The predicted molar refractivity (Wildman–Crippen MR) is 132 cm³/mol. The van der Waals surface area contributed by atoms with Gasteiger partial charge < -0.3 is 4.90 Å². The number of likely N-dealkylation sites (tertiary alicyclic amines) is 1. The Kier molecular flexibility index (Phi) is 5.65. The fourth-order valence-electron chi connectivity index (χ4n) is 5.75. The van der Waals surface area contributed by atoms with E-state index in [9.17, 15) is 18.8 Å². The van der Waals surface area contributed by atoms with Gasteiger partial charge in [0.1, 0.15) is 11.9 Å². The van der Waals surface area contributed by atoms with E-state index in [0.717, 1.165) is 43.6 Å². The molecule has 3 aliphatic rings. The predicted octanol–water partition coefficient (Wildman–Crippen LogP) is 4.18. The van der Waals surface area contributed by atoms with Gasteiger partial charge in [0, 0.05) is 34.7 Å². The molecular formula is C27H26FN3O3S. The minimum absolute atomic E-state index is 0.174. The molecule has 0 radical (unpaired) electrons. The molecule has 6 rings (SSSR count). The lowest BCUT2D eigenvalue weighted by atomic mass is 9.85. The highest BCUT2D eigenvalue weighted by Gasteiger charge is 2.41. The number of hydrogen-bond donors (Lipinski definition) is 1. The van der Waals surface area contributed by atoms with Gasteiger partial charge in [0.05, 0.1) is 0 Å². The zero-order valence-electron chi connectivity index (χ0n) is 19.3. The van der Waals surface area contributed by atoms with E-state index in [1.54, 1.807) is 6.07 Å². The van der Waals surface area contributed by atoms with Gasteiger partial charge in [-0.25, -0.2) is 4.39 Å². The van der Waals surface area contributed by atoms with E-state index in [1.807, 2.05) is 11.3 Å². The van der Waals surface area contributed by atoms with Crippen molar-refractivity contribution in [1.29, 1.82) is 0 Å². The van der Waals surface area contributed by atoms with Crippen LogP contribution >= 0.6 is 11.3 Å². The minimum atomic E-state index is -0.688. The normalized spacial score (nSPS) is 21.6. The van der Waals surface area contributed by atoms with Crippen molar-refractivity contribution in [3.8, 4) is 0 Å². The molecule has 35 heavy (non-hydrogen) atoms. The lowest BCUT2D eigenvalue weighted by Gasteiger charge is -2.33. The highest BCUT2D eigenvalue weighted by molar-refractivity contribution is 7.19. The Labute approximate surface area is 206 Å². The molecule has 180 valence electrons. The first-order valence-corrected chi connectivity index (χ1v) is 12.9. The first kappa shape index (κ1) is 22.4. The molecule has 2 aromatic carbocycles. The third kappa shape index (κ3) is 4.15. The molecule has 2 saturated heterocycles. The number of halogens is 1. The fourth-order valence-corrected chi connectivity index (χ4v) is 6.86. The average molecular weight is 492 g/mol. The Morgan fingerprint density at radius 2 is 1.83 bits per heavy atom. The van der Waals surface area contributed by atoms with Crippen molar-refractivity contribution in [2.24, 2.45) is 0 Å². The number of benzene rings is 2. The number of imide groups is 1. The molecule has 3 amide bonds. The number of piperidine rings is 2. The van der Waals surface area contributed by atoms with Gasteiger partial charge in [-0.2, -0.15) is 0 Å². The summed E-state index contributed by atoms with van der Waals surface area (Å²) in [6.45, 7) is 3.02. The monoisotopic (exact) mass is 491 g/mol. The summed E-state index contributed by atoms with van der Waals surface area (Å²) < 4.78 is 15.9. The molecule has 1 N–H and O–H groups in total. The maximum Gasteiger partial charge on any atom is 0.255 e. The van der Waals surface area contributed by atoms with Gasteiger partial charge in [-0.15, -0.1) is 11.3 Å². The molecule has 0 bridgehead atoms. The van der Waals surface area contributed by atoms with Crippen LogP contribution in [0, 0.1) is 5.82 Å². The van der Waals surface area contributed by atoms with Gasteiger partial charge in [-0.1, -0.05) is 18.2 Å². The maximum absolute atomic E-state index is 14.6. The van der Waals surface area contributed by atoms with E-state index in [2.05, 4.69) is 40.5 Å². The van der Waals surface area contributed by atoms with Crippen molar-refractivity contribution >= 4 is 39.1 Å². The third-order valence-electron chi connectivity index (χ3n) is 7.54. The number of rotatable bonds is 4. The number of hydrogen-bond acceptors (Lipinski definition) is 5. The van der Waals surface area contributed by atoms with Crippen molar-refractivity contribution < 1.29 is 18.8 Å². The highest BCUT2D eigenvalue weighted by Crippen LogP contribution is 2.38. The topological polar surface area (TPSA) is 69.7 Å². The Morgan fingerprint density at radius 1 is 1.03 bits per heavy atom. The number of nitrogens with zero attached hydrogens (tertiary/aromatic N) is 2. The first-order valence-electron chi connectivity index (χ1n) is 12.1. The smallest absolute Gasteiger partial charge is 0.255 e. The Balaban J connectivity index is 1.17. The van der Waals surface area contributed by atoms with Crippen molar-refractivity contribution in [1.82, 2.24) is 15.1 Å². The van der Waals surface area contributed by atoms with Crippen LogP contribution in [0.1, 0.15) is 58.0 Å². The summed E-state index contributed by atoms with van der Waals surface area (Å²) in [6, 6.07) is 12.9. The second-order valence-electron chi connectivity index (χ2n) is 9.72. The van der Waals surface area contributed by atoms with Gasteiger partial charge in [-0.3, -0.25) is 24.6 Å². The molecule has 0 aliphatic carbocycles. The molecule has 6 nitrogen and oxygen atoms in total. The second-order valence-corrected chi connectivity index (χ2v) is 10.9. The number of carbonyl (C=O) groups is 3. The summed E-state index contributed by atoms with van der Waals surface area (Å²) in [7, 11) is 0. The molecule has 1 atom stereocenters. The van der Waals surface area contributed by atoms with Crippen LogP contribution in [0.15, 0.2) is 42.5 Å². The van der Waals surface area contributed by atoms with Crippen LogP contribution in [0.25, 0.3) is 10.1 Å². The summed E-state index contributed by atoms with van der Waals surface area (Å²) in [5.74, 6) is -1.32. The molecule has 0 spiro atoms. The summed E-state index contributed by atoms with van der Waals surface area (Å²) in [4.78, 5) is 42.3. The summed E-state index contributed by atoms with van der Waals surface area (Å²) in [5, 5.41) is 3.61. The van der Waals surface area contributed by atoms with Gasteiger partial charge in [0.2, 0.25) is 11.8 Å². The maximum atomic E-state index is 14.6. The van der Waals surface area contributed by atoms with Crippen LogP contribution in [-0.4, -0.2) is 46.7 Å². The number of carbonyl (C=O) groups excluding carboxylic acids is 3. The number of amides is 3. The Bertz CT molecular complexity index is 1310. The molecule has 3 aromatic rings. The lowest BCUT2D eigenvalue weighted by molar-refractivity contribution is -0.136. The third-order valence-corrected chi connectivity index (χ3v) is 8.64. The SMILES string of the molecule is O=C1CCC(N2Cc3c(cc(F)cc3C3CCN(Cc4cc5ccccc5s4)CC3)C2=O)C(=O)N1. The number of thiophene rings is 1. The van der Waals surface area contributed by atoms with Crippen molar-refractivity contribution in [3.63, 3.8) is 0 Å². The summed E-state index contributed by atoms with van der Waals surface area (Å²) in [6.07, 6.45) is 2.30. The molecule has 0 saturated carbocycles. The quantitative estimate of drug-likeness (QED) is 0.556. The molecular weight excluding hydrogens is 465 g/mol. The van der Waals surface area contributed by atoms with Crippen LogP contribution < -0.4 is 5.32 Å². The zero-order chi connectivity index (χ0) is 24.1. The van der Waals surface area contributed by atoms with Crippen molar-refractivity contribution in [3.05, 3.63) is 69.8 Å². The van der Waals surface area contributed by atoms with E-state index in [0.29, 0.717) is 12.0 Å². The molecule has 1 unspecified atom stereocenters. The Hall–Kier alpha value is -3.10. The standard InChI is InChI=1S/C27H26FN3O3S/c28-18-12-20(22-15-31(27(34)21(22)13-18)23-5-6-25(32)29-26(23)33)16-7-9-30(10-8-16)14-19-11-17-3-1-2-4-24(17)35-19/h1-4,11-13,16,23H,5-10,14-15H2,(H,29,32,33). The molecule has 3 aliphatic heterocycles. The lowest BCUT2D eigenvalue weighted by Crippen LogP contribution is -2.52. The fraction of sp³-hybridized carbons (Fsp3) is 0.370. The van der Waals surface area contributed by atoms with E-state index in [4.69, 9.17) is 0 Å². The summed E-state index contributed by atoms with van der Waals surface area (Å²) in [5.41, 5.74) is 2.09. The number of fused-ring (bicyclic) bond motifs is 2. The average Bonchev–Trinajstić information content (AvgIpc) is 3.40. The number of nitrogens with one attached hydrogen (secondary N) is 1. The van der Waals surface area contributed by atoms with E-state index < -0.39 is 17.8 Å². The van der Waals surface area contributed by atoms with Crippen molar-refractivity contribution in [2.75, 3.05) is 13.1 Å². The minimum Gasteiger partial charge on any atom is -0.322 e. The molecule has 1 aromatic heterocycles. The van der Waals surface area contributed by atoms with E-state index in [1.165, 1.54) is 25.9 Å². The first-order chi connectivity index (χ1) is 17.0. The second kappa shape index (κ2) is 8.84. The van der Waals surface area contributed by atoms with Crippen LogP contribution in [0.5, 0.6) is 0 Å². The largest absolute Gasteiger partial charge is 0.322 e.